The van der Waals surface area contributed by atoms with E-state index in [1.165, 1.54) is 11.1 Å². The Kier molecular flexibility index (Phi) is 5.07. The normalized spacial score (nSPS) is 13.6. The minimum absolute atomic E-state index is 0.0309. The van der Waals surface area contributed by atoms with Crippen molar-refractivity contribution in [3.8, 4) is 5.75 Å². The summed E-state index contributed by atoms with van der Waals surface area (Å²) in [5.41, 5.74) is 5.33. The zero-order valence-electron chi connectivity index (χ0n) is 18.8. The second-order valence-corrected chi connectivity index (χ2v) is 12.2. The molecular formula is C25H34O2S. The summed E-state index contributed by atoms with van der Waals surface area (Å²) in [7, 11) is 0. The van der Waals surface area contributed by atoms with E-state index in [0.717, 1.165) is 33.3 Å². The van der Waals surface area contributed by atoms with E-state index in [4.69, 9.17) is 4.42 Å². The lowest BCUT2D eigenvalue weighted by molar-refractivity contribution is 0.471. The number of phenols is 1. The molecule has 0 radical (unpaired) electrons. The van der Waals surface area contributed by atoms with Gasteiger partial charge in [-0.15, -0.1) is 0 Å². The van der Waals surface area contributed by atoms with Crippen LogP contribution in [0.3, 0.4) is 0 Å². The van der Waals surface area contributed by atoms with Crippen LogP contribution in [-0.2, 0) is 15.6 Å². The highest BCUT2D eigenvalue weighted by atomic mass is 32.2. The monoisotopic (exact) mass is 398 g/mol. The molecule has 0 atom stereocenters. The molecule has 3 aromatic rings. The van der Waals surface area contributed by atoms with Crippen molar-refractivity contribution in [2.45, 2.75) is 77.9 Å². The van der Waals surface area contributed by atoms with Crippen LogP contribution < -0.4 is 0 Å². The average molecular weight is 399 g/mol. The molecule has 0 saturated carbocycles. The van der Waals surface area contributed by atoms with Crippen LogP contribution >= 0.6 is 11.8 Å². The second-order valence-electron chi connectivity index (χ2n) is 10.3. The Bertz CT molecular complexity index is 1030. The molecule has 0 unspecified atom stereocenters. The first-order valence-corrected chi connectivity index (χ1v) is 11.1. The Balaban J connectivity index is 2.51. The largest absolute Gasteiger partial charge is 0.508 e. The fourth-order valence-corrected chi connectivity index (χ4v) is 4.87. The van der Waals surface area contributed by atoms with Gasteiger partial charge in [0.2, 0.25) is 0 Å². The van der Waals surface area contributed by atoms with Crippen LogP contribution in [0.25, 0.3) is 21.9 Å². The molecule has 0 bridgehead atoms. The lowest BCUT2D eigenvalue weighted by atomic mass is 9.83. The van der Waals surface area contributed by atoms with E-state index >= 15 is 0 Å². The number of benzene rings is 2. The maximum absolute atomic E-state index is 10.4. The topological polar surface area (TPSA) is 33.4 Å². The molecule has 152 valence electrons. The summed E-state index contributed by atoms with van der Waals surface area (Å²) in [5.74, 6) is 1.34. The first kappa shape index (κ1) is 21.1. The van der Waals surface area contributed by atoms with Gasteiger partial charge in [0.1, 0.15) is 16.9 Å². The Hall–Kier alpha value is -1.61. The second kappa shape index (κ2) is 6.73. The molecule has 3 rings (SSSR count). The summed E-state index contributed by atoms with van der Waals surface area (Å²) in [6.45, 7) is 20.0. The van der Waals surface area contributed by atoms with Crippen molar-refractivity contribution in [3.05, 3.63) is 41.0 Å². The van der Waals surface area contributed by atoms with E-state index in [0.29, 0.717) is 5.75 Å². The predicted octanol–water partition coefficient (Wildman–Crippen LogP) is 7.87. The molecule has 0 amide bonds. The van der Waals surface area contributed by atoms with E-state index in [1.807, 2.05) is 23.9 Å². The van der Waals surface area contributed by atoms with Crippen LogP contribution in [0.5, 0.6) is 5.75 Å². The van der Waals surface area contributed by atoms with E-state index < -0.39 is 0 Å². The summed E-state index contributed by atoms with van der Waals surface area (Å²) in [6.07, 6.45) is 0. The summed E-state index contributed by atoms with van der Waals surface area (Å²) in [6, 6.07) is 8.28. The molecule has 1 N–H and O–H groups in total. The fourth-order valence-electron chi connectivity index (χ4n) is 3.84. The molecule has 1 heterocycles. The lowest BCUT2D eigenvalue weighted by Crippen LogP contribution is -2.17. The third-order valence-electron chi connectivity index (χ3n) is 5.48. The third kappa shape index (κ3) is 3.66. The van der Waals surface area contributed by atoms with Crippen LogP contribution in [0.1, 0.15) is 79.0 Å². The Morgan fingerprint density at radius 1 is 0.786 bits per heavy atom. The molecule has 0 fully saturated rings. The molecule has 3 heteroatoms. The van der Waals surface area contributed by atoms with Gasteiger partial charge in [-0.2, -0.15) is 11.8 Å². The maximum atomic E-state index is 10.4. The number of hydrogen-bond donors (Lipinski definition) is 1. The minimum Gasteiger partial charge on any atom is -0.508 e. The average Bonchev–Trinajstić information content (AvgIpc) is 2.89. The molecule has 1 aromatic heterocycles. The third-order valence-corrected chi connectivity index (χ3v) is 6.72. The Labute approximate surface area is 173 Å². The zero-order valence-corrected chi connectivity index (χ0v) is 19.6. The van der Waals surface area contributed by atoms with E-state index in [-0.39, 0.29) is 15.6 Å². The molecule has 28 heavy (non-hydrogen) atoms. The summed E-state index contributed by atoms with van der Waals surface area (Å²) in [4.78, 5) is 0. The molecule has 0 aliphatic carbocycles. The molecule has 2 aromatic carbocycles. The number of fused-ring (bicyclic) bond motifs is 3. The van der Waals surface area contributed by atoms with Crippen LogP contribution in [0.4, 0.5) is 0 Å². The highest BCUT2D eigenvalue weighted by Gasteiger charge is 2.30. The Morgan fingerprint density at radius 3 is 1.89 bits per heavy atom. The highest BCUT2D eigenvalue weighted by Crippen LogP contribution is 2.46. The van der Waals surface area contributed by atoms with Gasteiger partial charge in [-0.05, 0) is 54.2 Å². The van der Waals surface area contributed by atoms with Gasteiger partial charge in [-0.3, -0.25) is 0 Å². The van der Waals surface area contributed by atoms with Crippen molar-refractivity contribution in [2.75, 3.05) is 5.75 Å². The van der Waals surface area contributed by atoms with E-state index in [1.54, 1.807) is 0 Å². The Morgan fingerprint density at radius 2 is 1.36 bits per heavy atom. The summed E-state index contributed by atoms with van der Waals surface area (Å²) in [5, 5.41) is 12.6. The molecule has 0 aliphatic heterocycles. The van der Waals surface area contributed by atoms with Crippen LogP contribution in [0.15, 0.2) is 28.7 Å². The van der Waals surface area contributed by atoms with Crippen LogP contribution in [-0.4, -0.2) is 10.9 Å². The van der Waals surface area contributed by atoms with Crippen LogP contribution in [0, 0.1) is 0 Å². The molecule has 0 aliphatic rings. The summed E-state index contributed by atoms with van der Waals surface area (Å²) >= 11 is 1.93. The van der Waals surface area contributed by atoms with Gasteiger partial charge >= 0.3 is 0 Å². The number of hydrogen-bond acceptors (Lipinski definition) is 3. The van der Waals surface area contributed by atoms with Gasteiger partial charge in [0, 0.05) is 26.6 Å². The smallest absolute Gasteiger partial charge is 0.140 e. The maximum Gasteiger partial charge on any atom is 0.140 e. The molecular weight excluding hydrogens is 364 g/mol. The number of aromatic hydroxyl groups is 1. The van der Waals surface area contributed by atoms with Crippen molar-refractivity contribution in [1.82, 2.24) is 0 Å². The van der Waals surface area contributed by atoms with Crippen molar-refractivity contribution in [1.29, 1.82) is 0 Å². The van der Waals surface area contributed by atoms with E-state index in [9.17, 15) is 5.11 Å². The quantitative estimate of drug-likeness (QED) is 0.487. The standard InChI is InChI=1S/C25H34O2S/c1-10-28-25(8,9)20-12-15(23(2,3)4)11-17-18-13-16(26)14-19(24(5,6)7)21(18)27-22(17)20/h11-14,26H,10H2,1-9H3. The van der Waals surface area contributed by atoms with Gasteiger partial charge in [-0.25, -0.2) is 0 Å². The van der Waals surface area contributed by atoms with Gasteiger partial charge in [0.25, 0.3) is 0 Å². The number of phenolic OH excluding ortho intramolecular Hbond substituents is 1. The molecule has 0 spiro atoms. The number of rotatable bonds is 3. The van der Waals surface area contributed by atoms with E-state index in [2.05, 4.69) is 74.4 Å². The van der Waals surface area contributed by atoms with Crippen molar-refractivity contribution in [2.24, 2.45) is 0 Å². The summed E-state index contributed by atoms with van der Waals surface area (Å²) < 4.78 is 6.51. The lowest BCUT2D eigenvalue weighted by Gasteiger charge is -2.27. The fraction of sp³-hybridized carbons (Fsp3) is 0.520. The van der Waals surface area contributed by atoms with Gasteiger partial charge in [0.15, 0.2) is 0 Å². The number of thioether (sulfide) groups is 1. The van der Waals surface area contributed by atoms with Crippen molar-refractivity contribution < 1.29 is 9.52 Å². The molecule has 2 nitrogen and oxygen atoms in total. The van der Waals surface area contributed by atoms with Crippen molar-refractivity contribution in [3.63, 3.8) is 0 Å². The number of furan rings is 1. The van der Waals surface area contributed by atoms with Crippen LogP contribution in [0.2, 0.25) is 0 Å². The first-order valence-electron chi connectivity index (χ1n) is 10.1. The van der Waals surface area contributed by atoms with Gasteiger partial charge in [-0.1, -0.05) is 54.5 Å². The predicted molar refractivity (Wildman–Crippen MR) is 124 cm³/mol. The zero-order chi connectivity index (χ0) is 21.1. The van der Waals surface area contributed by atoms with Gasteiger partial charge < -0.3 is 9.52 Å². The van der Waals surface area contributed by atoms with Gasteiger partial charge in [0.05, 0.1) is 0 Å². The minimum atomic E-state index is -0.119. The van der Waals surface area contributed by atoms with Crippen molar-refractivity contribution >= 4 is 33.7 Å². The first-order chi connectivity index (χ1) is 12.8. The SMILES string of the molecule is CCSC(C)(C)c1cc(C(C)(C)C)cc2c1oc1c(C(C)(C)C)cc(O)cc12. The highest BCUT2D eigenvalue weighted by molar-refractivity contribution is 8.00. The molecule has 0 saturated heterocycles.